The number of hydrogen-bond donors (Lipinski definition) is 3. The fourth-order valence-electron chi connectivity index (χ4n) is 2.19. The molecule has 1 rings (SSSR count). The van der Waals surface area contributed by atoms with Gasteiger partial charge in [0, 0.05) is 31.9 Å². The molecule has 1 aliphatic heterocycles. The minimum Gasteiger partial charge on any atom is -0.359 e. The molecule has 1 atom stereocenters. The molecular weight excluding hydrogens is 272 g/mol. The molecule has 1 aliphatic rings. The van der Waals surface area contributed by atoms with Crippen LogP contribution in [-0.2, 0) is 4.79 Å². The molecule has 1 heterocycles. The second kappa shape index (κ2) is 7.20. The number of amides is 1. The maximum Gasteiger partial charge on any atom is 0.227 e. The van der Waals surface area contributed by atoms with E-state index in [9.17, 15) is 4.79 Å². The van der Waals surface area contributed by atoms with Crippen molar-refractivity contribution in [2.75, 3.05) is 32.9 Å². The number of nitrogens with zero attached hydrogens (tertiary/aromatic N) is 1. The van der Waals surface area contributed by atoms with Crippen molar-refractivity contribution in [1.29, 1.82) is 0 Å². The lowest BCUT2D eigenvalue weighted by molar-refractivity contribution is -0.128. The molecule has 0 aliphatic carbocycles. The van der Waals surface area contributed by atoms with Gasteiger partial charge in [-0.25, -0.2) is 0 Å². The highest BCUT2D eigenvalue weighted by Crippen LogP contribution is 2.36. The molecule has 5 nitrogen and oxygen atoms in total. The average molecular weight is 300 g/mol. The Morgan fingerprint density at radius 1 is 1.40 bits per heavy atom. The van der Waals surface area contributed by atoms with Crippen molar-refractivity contribution in [3.63, 3.8) is 0 Å². The fraction of sp³-hybridized carbons (Fsp3) is 0.857. The van der Waals surface area contributed by atoms with E-state index in [2.05, 4.69) is 27.9 Å². The van der Waals surface area contributed by atoms with Gasteiger partial charge in [-0.2, -0.15) is 11.8 Å². The number of guanidine groups is 1. The molecule has 3 N–H and O–H groups in total. The van der Waals surface area contributed by atoms with Gasteiger partial charge in [0.2, 0.25) is 5.91 Å². The van der Waals surface area contributed by atoms with E-state index < -0.39 is 5.41 Å². The van der Waals surface area contributed by atoms with Crippen LogP contribution in [0.25, 0.3) is 0 Å². The summed E-state index contributed by atoms with van der Waals surface area (Å²) in [7, 11) is 3.42. The van der Waals surface area contributed by atoms with Crippen LogP contribution in [0.5, 0.6) is 0 Å². The molecular formula is C14H28N4OS. The highest BCUT2D eigenvalue weighted by molar-refractivity contribution is 8.00. The predicted molar refractivity (Wildman–Crippen MR) is 87.3 cm³/mol. The first-order valence-corrected chi connectivity index (χ1v) is 8.12. The normalized spacial score (nSPS) is 23.6. The Morgan fingerprint density at radius 3 is 2.60 bits per heavy atom. The zero-order valence-corrected chi connectivity index (χ0v) is 14.1. The SMILES string of the molecule is CN=C(NCC1(C)CCCS1)NCC(C)(C)C(=O)NC. The van der Waals surface area contributed by atoms with Crippen LogP contribution in [0.1, 0.15) is 33.6 Å². The van der Waals surface area contributed by atoms with E-state index in [1.54, 1.807) is 14.1 Å². The molecule has 0 aromatic rings. The largest absolute Gasteiger partial charge is 0.359 e. The Labute approximate surface area is 126 Å². The monoisotopic (exact) mass is 300 g/mol. The van der Waals surface area contributed by atoms with Gasteiger partial charge in [0.25, 0.3) is 0 Å². The molecule has 0 spiro atoms. The van der Waals surface area contributed by atoms with Gasteiger partial charge in [-0.15, -0.1) is 0 Å². The van der Waals surface area contributed by atoms with Crippen molar-refractivity contribution in [3.05, 3.63) is 0 Å². The summed E-state index contributed by atoms with van der Waals surface area (Å²) in [6, 6.07) is 0. The molecule has 1 fully saturated rings. The van der Waals surface area contributed by atoms with Crippen LogP contribution in [0.3, 0.4) is 0 Å². The number of aliphatic imine (C=N–C) groups is 1. The molecule has 0 radical (unpaired) electrons. The number of thioether (sulfide) groups is 1. The topological polar surface area (TPSA) is 65.5 Å². The second-order valence-electron chi connectivity index (χ2n) is 6.14. The number of carbonyl (C=O) groups excluding carboxylic acids is 1. The third kappa shape index (κ3) is 4.89. The van der Waals surface area contributed by atoms with Gasteiger partial charge < -0.3 is 16.0 Å². The lowest BCUT2D eigenvalue weighted by Gasteiger charge is -2.27. The first-order valence-electron chi connectivity index (χ1n) is 7.14. The van der Waals surface area contributed by atoms with E-state index in [0.717, 1.165) is 12.5 Å². The van der Waals surface area contributed by atoms with E-state index in [1.165, 1.54) is 18.6 Å². The number of nitrogens with one attached hydrogen (secondary N) is 3. The van der Waals surface area contributed by atoms with Gasteiger partial charge in [0.05, 0.1) is 5.41 Å². The highest BCUT2D eigenvalue weighted by atomic mass is 32.2. The molecule has 1 amide bonds. The third-order valence-electron chi connectivity index (χ3n) is 3.69. The van der Waals surface area contributed by atoms with Gasteiger partial charge in [0.15, 0.2) is 5.96 Å². The Morgan fingerprint density at radius 2 is 2.10 bits per heavy atom. The molecule has 0 aromatic carbocycles. The maximum atomic E-state index is 11.7. The van der Waals surface area contributed by atoms with Gasteiger partial charge in [0.1, 0.15) is 0 Å². The van der Waals surface area contributed by atoms with Crippen molar-refractivity contribution < 1.29 is 4.79 Å². The summed E-state index contributed by atoms with van der Waals surface area (Å²) < 4.78 is 0.300. The quantitative estimate of drug-likeness (QED) is 0.527. The Balaban J connectivity index is 2.42. The van der Waals surface area contributed by atoms with E-state index in [0.29, 0.717) is 11.3 Å². The van der Waals surface area contributed by atoms with Crippen LogP contribution in [0.15, 0.2) is 4.99 Å². The molecule has 1 saturated heterocycles. The Bertz CT molecular complexity index is 362. The summed E-state index contributed by atoms with van der Waals surface area (Å²) >= 11 is 2.02. The molecule has 0 bridgehead atoms. The summed E-state index contributed by atoms with van der Waals surface area (Å²) in [5, 5.41) is 9.29. The standard InChI is InChI=1S/C14H28N4OS/c1-13(2,11(19)15-4)9-17-12(16-5)18-10-14(3)7-6-8-20-14/h6-10H2,1-5H3,(H,15,19)(H2,16,17,18). The van der Waals surface area contributed by atoms with Crippen LogP contribution in [0.2, 0.25) is 0 Å². The van der Waals surface area contributed by atoms with E-state index in [4.69, 9.17) is 0 Å². The zero-order chi connectivity index (χ0) is 15.2. The highest BCUT2D eigenvalue weighted by Gasteiger charge is 2.30. The zero-order valence-electron chi connectivity index (χ0n) is 13.3. The smallest absolute Gasteiger partial charge is 0.227 e. The van der Waals surface area contributed by atoms with Crippen molar-refractivity contribution in [1.82, 2.24) is 16.0 Å². The minimum absolute atomic E-state index is 0.0266. The maximum absolute atomic E-state index is 11.7. The van der Waals surface area contributed by atoms with Gasteiger partial charge in [-0.1, -0.05) is 0 Å². The lowest BCUT2D eigenvalue weighted by atomic mass is 9.92. The summed E-state index contributed by atoms with van der Waals surface area (Å²) in [6.07, 6.45) is 2.53. The van der Waals surface area contributed by atoms with Crippen molar-refractivity contribution in [2.24, 2.45) is 10.4 Å². The molecule has 0 saturated carbocycles. The molecule has 0 aromatic heterocycles. The first kappa shape index (κ1) is 17.1. The van der Waals surface area contributed by atoms with Crippen LogP contribution in [-0.4, -0.2) is 49.6 Å². The summed E-state index contributed by atoms with van der Waals surface area (Å²) in [5.74, 6) is 2.03. The molecule has 116 valence electrons. The van der Waals surface area contributed by atoms with E-state index >= 15 is 0 Å². The lowest BCUT2D eigenvalue weighted by Crippen LogP contribution is -2.49. The molecule has 1 unspecified atom stereocenters. The van der Waals surface area contributed by atoms with Crippen molar-refractivity contribution in [3.8, 4) is 0 Å². The van der Waals surface area contributed by atoms with E-state index in [-0.39, 0.29) is 5.91 Å². The van der Waals surface area contributed by atoms with Crippen LogP contribution >= 0.6 is 11.8 Å². The van der Waals surface area contributed by atoms with Crippen LogP contribution in [0, 0.1) is 5.41 Å². The van der Waals surface area contributed by atoms with Crippen LogP contribution < -0.4 is 16.0 Å². The molecule has 20 heavy (non-hydrogen) atoms. The van der Waals surface area contributed by atoms with Crippen LogP contribution in [0.4, 0.5) is 0 Å². The fourth-order valence-corrected chi connectivity index (χ4v) is 3.44. The summed E-state index contributed by atoms with van der Waals surface area (Å²) in [5.41, 5.74) is -0.460. The van der Waals surface area contributed by atoms with Gasteiger partial charge in [-0.3, -0.25) is 9.79 Å². The van der Waals surface area contributed by atoms with Gasteiger partial charge in [-0.05, 0) is 39.4 Å². The molecule has 6 heteroatoms. The number of rotatable bonds is 5. The van der Waals surface area contributed by atoms with Gasteiger partial charge >= 0.3 is 0 Å². The van der Waals surface area contributed by atoms with E-state index in [1.807, 2.05) is 25.6 Å². The Kier molecular flexibility index (Phi) is 6.17. The summed E-state index contributed by atoms with van der Waals surface area (Å²) in [4.78, 5) is 16.0. The number of hydrogen-bond acceptors (Lipinski definition) is 3. The summed E-state index contributed by atoms with van der Waals surface area (Å²) in [6.45, 7) is 7.58. The predicted octanol–water partition coefficient (Wildman–Crippen LogP) is 1.21. The minimum atomic E-state index is -0.460. The first-order chi connectivity index (χ1) is 9.33. The van der Waals surface area contributed by atoms with Crippen molar-refractivity contribution >= 4 is 23.6 Å². The average Bonchev–Trinajstić information content (AvgIpc) is 2.85. The Hall–Kier alpha value is -0.910. The third-order valence-corrected chi connectivity index (χ3v) is 5.23. The second-order valence-corrected chi connectivity index (χ2v) is 7.83. The van der Waals surface area contributed by atoms with Crippen molar-refractivity contribution in [2.45, 2.75) is 38.4 Å². The number of carbonyl (C=O) groups is 1.